The van der Waals surface area contributed by atoms with Gasteiger partial charge in [-0.1, -0.05) is 0 Å². The van der Waals surface area contributed by atoms with E-state index in [9.17, 15) is 0 Å². The third kappa shape index (κ3) is 38.3. The number of rotatable bonds is 15. The average Bonchev–Trinajstić information content (AvgIpc) is 2.73. The molecule has 8 nitrogen and oxygen atoms in total. The average molecular weight is 1150 g/mol. The molecule has 0 fully saturated rings. The van der Waals surface area contributed by atoms with Crippen molar-refractivity contribution in [2.24, 2.45) is 32.5 Å². The van der Waals surface area contributed by atoms with Gasteiger partial charge >= 0.3 is 328 Å². The minimum absolute atomic E-state index is 0. The van der Waals surface area contributed by atoms with Crippen molar-refractivity contribution < 1.29 is 21.3 Å². The molecule has 0 aliphatic heterocycles. The van der Waals surface area contributed by atoms with Gasteiger partial charge in [-0.2, -0.15) is 0 Å². The van der Waals surface area contributed by atoms with E-state index in [1.165, 1.54) is 0 Å². The molecule has 0 rings (SSSR count). The zero-order chi connectivity index (χ0) is 33.7. The third-order valence-corrected chi connectivity index (χ3v) is 22.6. The van der Waals surface area contributed by atoms with E-state index in [2.05, 4.69) is 125 Å². The van der Waals surface area contributed by atoms with Crippen molar-refractivity contribution in [3.8, 4) is 0 Å². The van der Waals surface area contributed by atoms with Crippen LogP contribution in [0.15, 0.2) is 0 Å². The van der Waals surface area contributed by atoms with Crippen molar-refractivity contribution >= 4 is 110 Å². The van der Waals surface area contributed by atoms with Crippen LogP contribution >= 0.6 is 0 Å². The number of hydrogen-bond donors (Lipinski definition) is 0. The molecule has 0 aromatic heterocycles. The quantitative estimate of drug-likeness (QED) is 0.136. The van der Waals surface area contributed by atoms with Crippen LogP contribution in [0.5, 0.6) is 0 Å². The Hall–Kier alpha value is 3.67. The zero-order valence-corrected chi connectivity index (χ0v) is 46.3. The van der Waals surface area contributed by atoms with Crippen LogP contribution in [0, 0.1) is 32.5 Å². The fourth-order valence-electron chi connectivity index (χ4n) is 2.16. The van der Waals surface area contributed by atoms with Crippen LogP contribution in [0.1, 0.15) is 125 Å². The van der Waals surface area contributed by atoms with E-state index in [4.69, 9.17) is 21.3 Å². The molecule has 0 unspecified atom stereocenters. The second-order valence-corrected chi connectivity index (χ2v) is 37.5. The standard InChI is InChI=1S/6C5H11O.2O.5Sn.2H/c6*1-5(2,3)4-6;;;;;;;;;/h6*4H2,1-3H3;;;;;;;;;/q6*-1;;;;;+1;+2;+3;;. The molecule has 256 valence electrons. The molecule has 13 heteroatoms. The Balaban J connectivity index is -0.00000137. The fraction of sp³-hybridized carbons (Fsp3) is 1.00. The molecule has 0 aliphatic carbocycles. The van der Waals surface area contributed by atoms with E-state index < -0.39 is 63.0 Å². The van der Waals surface area contributed by atoms with Crippen LogP contribution in [-0.4, -0.2) is 149 Å². The summed E-state index contributed by atoms with van der Waals surface area (Å²) in [7, 11) is 0. The summed E-state index contributed by atoms with van der Waals surface area (Å²) in [6.07, 6.45) is 0. The summed E-state index contributed by atoms with van der Waals surface area (Å²) >= 11 is -7.74. The van der Waals surface area contributed by atoms with Gasteiger partial charge in [-0.3, -0.25) is 0 Å². The van der Waals surface area contributed by atoms with Crippen LogP contribution < -0.4 is 0 Å². The van der Waals surface area contributed by atoms with E-state index in [0.29, 0.717) is 38.4 Å². The Morgan fingerprint density at radius 1 is 0.488 bits per heavy atom. The van der Waals surface area contributed by atoms with E-state index in [-0.39, 0.29) is 51.0 Å². The summed E-state index contributed by atoms with van der Waals surface area (Å²) in [4.78, 5) is 0. The fourth-order valence-corrected chi connectivity index (χ4v) is 25.4. The predicted octanol–water partition coefficient (Wildman–Crippen LogP) is 6.50. The molecule has 0 heterocycles. The topological polar surface area (TPSA) is 73.8 Å². The van der Waals surface area contributed by atoms with Gasteiger partial charge in [0.05, 0.1) is 0 Å². The van der Waals surface area contributed by atoms with Crippen molar-refractivity contribution in [1.29, 1.82) is 0 Å². The first-order valence-electron chi connectivity index (χ1n) is 14.9. The monoisotopic (exact) mass is 1160 g/mol. The molecular weight excluding hydrogens is 1080 g/mol. The summed E-state index contributed by atoms with van der Waals surface area (Å²) in [5.74, 6) is 0. The van der Waals surface area contributed by atoms with E-state index in [1.807, 2.05) is 0 Å². The molecule has 0 N–H and O–H groups in total. The molecule has 0 spiro atoms. The molecule has 8 radical (unpaired) electrons. The Kier molecular flexibility index (Phi) is 26.7. The normalized spacial score (nSPS) is 14.0. The Morgan fingerprint density at radius 3 is 1.00 bits per heavy atom. The Bertz CT molecular complexity index is 637. The molecule has 0 bridgehead atoms. The molecule has 0 saturated carbocycles. The predicted molar refractivity (Wildman–Crippen MR) is 186 cm³/mol. The summed E-state index contributed by atoms with van der Waals surface area (Å²) in [5.41, 5.74) is 0.156. The molecule has 0 atom stereocenters. The maximum atomic E-state index is 6.71. The van der Waals surface area contributed by atoms with Crippen molar-refractivity contribution in [2.75, 3.05) is 39.6 Å². The third-order valence-electron chi connectivity index (χ3n) is 4.11. The second-order valence-electron chi connectivity index (χ2n) is 18.1. The van der Waals surface area contributed by atoms with E-state index >= 15 is 0 Å². The van der Waals surface area contributed by atoms with Gasteiger partial charge in [-0.05, 0) is 0 Å². The molecule has 43 heavy (non-hydrogen) atoms. The maximum absolute atomic E-state index is 6.71. The first kappa shape index (κ1) is 51.0. The van der Waals surface area contributed by atoms with Crippen LogP contribution in [0.4, 0.5) is 0 Å². The van der Waals surface area contributed by atoms with Gasteiger partial charge in [-0.25, -0.2) is 0 Å². The van der Waals surface area contributed by atoms with Crippen molar-refractivity contribution in [2.45, 2.75) is 125 Å². The summed E-state index contributed by atoms with van der Waals surface area (Å²) in [6.45, 7) is 42.1. The molecule has 0 saturated heterocycles. The minimum atomic E-state index is -4.50. The van der Waals surface area contributed by atoms with Gasteiger partial charge in [0, 0.05) is 0 Å². The summed E-state index contributed by atoms with van der Waals surface area (Å²) in [5, 5.41) is 0. The van der Waals surface area contributed by atoms with E-state index in [0.717, 1.165) is 29.5 Å². The summed E-state index contributed by atoms with van der Waals surface area (Å²) < 4.78 is 49.2. The summed E-state index contributed by atoms with van der Waals surface area (Å²) in [6, 6.07) is 0. The van der Waals surface area contributed by atoms with Crippen molar-refractivity contribution in [3.05, 3.63) is 0 Å². The first-order chi connectivity index (χ1) is 18.5. The molecule has 0 aromatic carbocycles. The SMILES string of the molecule is CC(C)(C)C[O][Sn]([O]CC(C)(C)C)[O][Sn]([O]CC(C)(C)C)([O]CC(C)(C)C)[O]CC(C)(C)C.CC(C)(C)C[O][Sn][O][SnH].[SnH]. The zero-order valence-electron chi connectivity index (χ0n) is 31.2. The van der Waals surface area contributed by atoms with Gasteiger partial charge < -0.3 is 0 Å². The van der Waals surface area contributed by atoms with Gasteiger partial charge in [0.15, 0.2) is 0 Å². The Morgan fingerprint density at radius 2 is 0.767 bits per heavy atom. The van der Waals surface area contributed by atoms with Crippen LogP contribution in [0.2, 0.25) is 0 Å². The first-order valence-corrected chi connectivity index (χ1v) is 26.8. The molecular formula is C30H68O8Sn5. The van der Waals surface area contributed by atoms with Crippen molar-refractivity contribution in [1.82, 2.24) is 0 Å². The Labute approximate surface area is 323 Å². The number of hydrogen-bond acceptors (Lipinski definition) is 8. The van der Waals surface area contributed by atoms with Gasteiger partial charge in [0.25, 0.3) is 0 Å². The van der Waals surface area contributed by atoms with Gasteiger partial charge in [0.1, 0.15) is 0 Å². The van der Waals surface area contributed by atoms with Crippen LogP contribution in [0.3, 0.4) is 0 Å². The van der Waals surface area contributed by atoms with Crippen LogP contribution in [0.25, 0.3) is 0 Å². The van der Waals surface area contributed by atoms with Crippen molar-refractivity contribution in [3.63, 3.8) is 0 Å². The molecule has 0 amide bonds. The van der Waals surface area contributed by atoms with Gasteiger partial charge in [0.2, 0.25) is 0 Å². The molecule has 0 aromatic rings. The second kappa shape index (κ2) is 22.5. The van der Waals surface area contributed by atoms with Crippen LogP contribution in [-0.2, 0) is 21.3 Å². The molecule has 0 aliphatic rings. The van der Waals surface area contributed by atoms with E-state index in [1.54, 1.807) is 0 Å². The van der Waals surface area contributed by atoms with Gasteiger partial charge in [-0.15, -0.1) is 0 Å².